The van der Waals surface area contributed by atoms with Crippen LogP contribution in [-0.4, -0.2) is 101 Å². The molecule has 366 valence electrons. The standard InChI is InChI=1S/C21H25F15O5.C11H14F6O.2CH4/c1-4-14(13(37)40-3,17(22,23)24)8-9(2)41-12-6-10(15(38,18(25,26)27)19(28,29)30)5-11(7-12)16(39,20(31,32)33)21(34,35)36;12-10(13,14)9(18,11(15,16)17)5-8-4-6-1-2-7(8)3-6;;/h9-12,38-39H,4-8H2,1-3H3;6-8,18H,1-5H2;2*1H4. The molecule has 3 N–H and O–H groups in total. The van der Waals surface area contributed by atoms with Gasteiger partial charge >= 0.3 is 49.2 Å². The second-order valence-corrected chi connectivity index (χ2v) is 15.3. The predicted molar refractivity (Wildman–Crippen MR) is 169 cm³/mol. The zero-order valence-corrected chi connectivity index (χ0v) is 30.6. The Kier molecular flexibility index (Phi) is 18.1. The lowest BCUT2D eigenvalue weighted by atomic mass is 9.65. The lowest BCUT2D eigenvalue weighted by Gasteiger charge is -2.49. The first kappa shape index (κ1) is 58.8. The molecule has 0 saturated heterocycles. The van der Waals surface area contributed by atoms with Crippen LogP contribution in [0.25, 0.3) is 0 Å². The van der Waals surface area contributed by atoms with E-state index >= 15 is 0 Å². The number of halogens is 21. The van der Waals surface area contributed by atoms with Crippen LogP contribution in [0.3, 0.4) is 0 Å². The van der Waals surface area contributed by atoms with Crippen molar-refractivity contribution in [1.29, 1.82) is 0 Å². The lowest BCUT2D eigenvalue weighted by Crippen LogP contribution is -2.67. The number of hydrogen-bond acceptors (Lipinski definition) is 6. The Balaban J connectivity index is 0.00000150. The highest BCUT2D eigenvalue weighted by Gasteiger charge is 2.78. The zero-order chi connectivity index (χ0) is 46.6. The molecule has 6 nitrogen and oxygen atoms in total. The van der Waals surface area contributed by atoms with Crippen LogP contribution in [0.5, 0.6) is 0 Å². The number of alkyl halides is 21. The topological polar surface area (TPSA) is 96.2 Å². The summed E-state index contributed by atoms with van der Waals surface area (Å²) in [6.45, 7) is 1.51. The largest absolute Gasteiger partial charge is 0.468 e. The van der Waals surface area contributed by atoms with Crippen molar-refractivity contribution in [2.75, 3.05) is 7.11 Å². The average Bonchev–Trinajstić information content (AvgIpc) is 3.66. The molecule has 27 heteroatoms. The monoisotopic (exact) mass is 950 g/mol. The summed E-state index contributed by atoms with van der Waals surface area (Å²) in [6, 6.07) is 0. The van der Waals surface area contributed by atoms with Crippen LogP contribution in [0.15, 0.2) is 0 Å². The molecule has 0 heterocycles. The van der Waals surface area contributed by atoms with E-state index in [-0.39, 0.29) is 26.7 Å². The summed E-state index contributed by atoms with van der Waals surface area (Å²) in [5, 5.41) is 28.6. The molecule has 2 bridgehead atoms. The van der Waals surface area contributed by atoms with Crippen LogP contribution >= 0.6 is 0 Å². The molecule has 0 aromatic carbocycles. The maximum Gasteiger partial charge on any atom is 0.426 e. The normalized spacial score (nSPS) is 26.3. The average molecular weight is 951 g/mol. The number of aliphatic hydroxyl groups is 3. The van der Waals surface area contributed by atoms with Crippen LogP contribution in [-0.2, 0) is 14.3 Å². The first-order valence-electron chi connectivity index (χ1n) is 17.4. The van der Waals surface area contributed by atoms with Crippen molar-refractivity contribution in [3.63, 3.8) is 0 Å². The Hall–Kier alpha value is -2.16. The molecule has 3 fully saturated rings. The molecular weight excluding hydrogens is 903 g/mol. The molecule has 0 radical (unpaired) electrons. The first-order chi connectivity index (χ1) is 26.0. The van der Waals surface area contributed by atoms with E-state index in [9.17, 15) is 107 Å². The first-order valence-corrected chi connectivity index (χ1v) is 17.4. The summed E-state index contributed by atoms with van der Waals surface area (Å²) in [5.74, 6) is -9.52. The predicted octanol–water partition coefficient (Wildman–Crippen LogP) is 11.4. The van der Waals surface area contributed by atoms with E-state index in [2.05, 4.69) is 4.74 Å². The summed E-state index contributed by atoms with van der Waals surface area (Å²) >= 11 is 0. The van der Waals surface area contributed by atoms with E-state index in [4.69, 9.17) is 9.84 Å². The molecule has 0 aliphatic heterocycles. The summed E-state index contributed by atoms with van der Waals surface area (Å²) in [5.41, 5.74) is -19.8. The third kappa shape index (κ3) is 11.2. The van der Waals surface area contributed by atoms with Crippen molar-refractivity contribution < 1.29 is 122 Å². The summed E-state index contributed by atoms with van der Waals surface area (Å²) in [6.07, 6.45) is -55.1. The molecule has 0 amide bonds. The van der Waals surface area contributed by atoms with Crippen molar-refractivity contribution in [2.24, 2.45) is 35.0 Å². The van der Waals surface area contributed by atoms with E-state index in [1.54, 1.807) is 0 Å². The number of fused-ring (bicyclic) bond motifs is 2. The van der Waals surface area contributed by atoms with Gasteiger partial charge in [-0.05, 0) is 82.5 Å². The zero-order valence-electron chi connectivity index (χ0n) is 30.6. The van der Waals surface area contributed by atoms with Gasteiger partial charge in [0.2, 0.25) is 0 Å². The molecule has 7 unspecified atom stereocenters. The minimum absolute atomic E-state index is 0. The van der Waals surface area contributed by atoms with Crippen LogP contribution in [0, 0.1) is 35.0 Å². The van der Waals surface area contributed by atoms with Crippen molar-refractivity contribution in [1.82, 2.24) is 0 Å². The summed E-state index contributed by atoms with van der Waals surface area (Å²) < 4.78 is 288. The van der Waals surface area contributed by atoms with Crippen molar-refractivity contribution in [2.45, 2.75) is 165 Å². The van der Waals surface area contributed by atoms with Gasteiger partial charge in [-0.1, -0.05) is 28.2 Å². The Bertz CT molecular complexity index is 1330. The van der Waals surface area contributed by atoms with Gasteiger partial charge in [-0.25, -0.2) is 0 Å². The molecule has 0 aromatic heterocycles. The Labute approximate surface area is 335 Å². The third-order valence-electron chi connectivity index (χ3n) is 11.7. The van der Waals surface area contributed by atoms with Crippen LogP contribution in [0.4, 0.5) is 92.2 Å². The highest BCUT2D eigenvalue weighted by Crippen LogP contribution is 2.59. The SMILES string of the molecule is C.C.CCC(CC(C)OC1CC(C(O)(C(F)(F)F)C(F)(F)F)CC(C(O)(C(F)(F)F)C(F)(F)F)C1)(C(=O)OC)C(F)(F)F.OC(CC1CC2CCC1C2)(C(F)(F)F)C(F)(F)F. The Morgan fingerprint density at radius 3 is 1.25 bits per heavy atom. The number of methoxy groups -OCH3 is 1. The number of carbonyl (C=O) groups is 1. The number of rotatable bonds is 10. The fourth-order valence-electron chi connectivity index (χ4n) is 8.57. The minimum Gasteiger partial charge on any atom is -0.468 e. The fraction of sp³-hybridized carbons (Fsp3) is 0.971. The number of ether oxygens (including phenoxy) is 2. The quantitative estimate of drug-likeness (QED) is 0.149. The van der Waals surface area contributed by atoms with Gasteiger partial charge in [-0.15, -0.1) is 0 Å². The molecular formula is C34H47F21O6. The van der Waals surface area contributed by atoms with Gasteiger partial charge in [0.05, 0.1) is 19.3 Å². The third-order valence-corrected chi connectivity index (χ3v) is 11.7. The summed E-state index contributed by atoms with van der Waals surface area (Å²) in [4.78, 5) is 12.0. The van der Waals surface area contributed by atoms with Gasteiger partial charge in [-0.3, -0.25) is 4.79 Å². The van der Waals surface area contributed by atoms with Gasteiger partial charge < -0.3 is 24.8 Å². The van der Waals surface area contributed by atoms with Gasteiger partial charge in [0, 0.05) is 11.8 Å². The summed E-state index contributed by atoms with van der Waals surface area (Å²) in [7, 11) is 0.546. The van der Waals surface area contributed by atoms with E-state index < -0.39 is 140 Å². The number of hydrogen-bond donors (Lipinski definition) is 3. The second kappa shape index (κ2) is 18.7. The molecule has 0 spiro atoms. The van der Waals surface area contributed by atoms with Crippen molar-refractivity contribution in [3.05, 3.63) is 0 Å². The Morgan fingerprint density at radius 2 is 0.984 bits per heavy atom. The van der Waals surface area contributed by atoms with Crippen molar-refractivity contribution >= 4 is 5.97 Å². The minimum atomic E-state index is -6.72. The van der Waals surface area contributed by atoms with Crippen LogP contribution in [0.1, 0.15) is 92.9 Å². The fourth-order valence-corrected chi connectivity index (χ4v) is 8.57. The van der Waals surface area contributed by atoms with Gasteiger partial charge in [0.1, 0.15) is 0 Å². The second-order valence-electron chi connectivity index (χ2n) is 15.3. The van der Waals surface area contributed by atoms with E-state index in [1.165, 1.54) is 0 Å². The highest BCUT2D eigenvalue weighted by molar-refractivity contribution is 5.77. The maximum atomic E-state index is 13.8. The van der Waals surface area contributed by atoms with E-state index in [1.807, 2.05) is 0 Å². The van der Waals surface area contributed by atoms with Gasteiger partial charge in [0.15, 0.2) is 5.41 Å². The lowest BCUT2D eigenvalue weighted by molar-refractivity contribution is -0.406. The maximum absolute atomic E-state index is 13.8. The Morgan fingerprint density at radius 1 is 0.590 bits per heavy atom. The number of carbonyl (C=O) groups excluding carboxylic acids is 1. The molecule has 7 atom stereocenters. The molecule has 0 aromatic rings. The molecule has 3 saturated carbocycles. The molecule has 3 aliphatic rings. The van der Waals surface area contributed by atoms with Gasteiger partial charge in [-0.2, -0.15) is 92.2 Å². The molecule has 61 heavy (non-hydrogen) atoms. The van der Waals surface area contributed by atoms with Crippen LogP contribution < -0.4 is 0 Å². The molecule has 3 rings (SSSR count). The van der Waals surface area contributed by atoms with Crippen LogP contribution in [0.2, 0.25) is 0 Å². The smallest absolute Gasteiger partial charge is 0.426 e. The molecule has 3 aliphatic carbocycles. The number of esters is 1. The highest BCUT2D eigenvalue weighted by atomic mass is 19.4. The van der Waals surface area contributed by atoms with Gasteiger partial charge in [0.25, 0.3) is 16.8 Å². The van der Waals surface area contributed by atoms with E-state index in [0.717, 1.165) is 13.3 Å². The van der Waals surface area contributed by atoms with Crippen molar-refractivity contribution in [3.8, 4) is 0 Å². The van der Waals surface area contributed by atoms with E-state index in [0.29, 0.717) is 33.3 Å².